The van der Waals surface area contributed by atoms with Gasteiger partial charge in [-0.15, -0.1) is 0 Å². The lowest BCUT2D eigenvalue weighted by Gasteiger charge is -2.11. The molecule has 0 aliphatic heterocycles. The number of carbonyl (C=O) groups excluding carboxylic acids is 1. The smallest absolute Gasteiger partial charge is 0.228 e. The SMILES string of the molecule is COc1ccc(CC(=O)Nc2ccc(OC)c3ncccc23)cc1. The van der Waals surface area contributed by atoms with Crippen LogP contribution in [-0.2, 0) is 11.2 Å². The van der Waals surface area contributed by atoms with Gasteiger partial charge in [-0.1, -0.05) is 12.1 Å². The summed E-state index contributed by atoms with van der Waals surface area (Å²) in [5.74, 6) is 1.36. The van der Waals surface area contributed by atoms with Gasteiger partial charge < -0.3 is 14.8 Å². The van der Waals surface area contributed by atoms with Crippen molar-refractivity contribution in [3.8, 4) is 11.5 Å². The van der Waals surface area contributed by atoms with Gasteiger partial charge in [0.1, 0.15) is 17.0 Å². The predicted molar refractivity (Wildman–Crippen MR) is 93.6 cm³/mol. The Kier molecular flexibility index (Phi) is 4.61. The number of pyridine rings is 1. The summed E-state index contributed by atoms with van der Waals surface area (Å²) in [7, 11) is 3.22. The zero-order valence-electron chi connectivity index (χ0n) is 13.6. The summed E-state index contributed by atoms with van der Waals surface area (Å²) in [5, 5.41) is 3.79. The van der Waals surface area contributed by atoms with E-state index in [2.05, 4.69) is 10.3 Å². The molecule has 0 aliphatic rings. The van der Waals surface area contributed by atoms with Gasteiger partial charge in [-0.3, -0.25) is 9.78 Å². The Hall–Kier alpha value is -3.08. The summed E-state index contributed by atoms with van der Waals surface area (Å²) >= 11 is 0. The van der Waals surface area contributed by atoms with Crippen LogP contribution in [0.4, 0.5) is 5.69 Å². The average molecular weight is 322 g/mol. The van der Waals surface area contributed by atoms with Crippen molar-refractivity contribution in [1.82, 2.24) is 4.98 Å². The van der Waals surface area contributed by atoms with Gasteiger partial charge in [0.15, 0.2) is 0 Å². The minimum Gasteiger partial charge on any atom is -0.497 e. The van der Waals surface area contributed by atoms with Crippen LogP contribution >= 0.6 is 0 Å². The van der Waals surface area contributed by atoms with Crippen LogP contribution in [0.3, 0.4) is 0 Å². The highest BCUT2D eigenvalue weighted by molar-refractivity contribution is 6.03. The van der Waals surface area contributed by atoms with Gasteiger partial charge in [-0.2, -0.15) is 0 Å². The minimum absolute atomic E-state index is 0.0875. The zero-order chi connectivity index (χ0) is 16.9. The average Bonchev–Trinajstić information content (AvgIpc) is 2.62. The first-order valence-corrected chi connectivity index (χ1v) is 7.56. The molecule has 5 heteroatoms. The molecule has 0 unspecified atom stereocenters. The van der Waals surface area contributed by atoms with E-state index >= 15 is 0 Å². The standard InChI is InChI=1S/C19H18N2O3/c1-23-14-7-5-13(6-8-14)12-18(22)21-16-9-10-17(24-2)19-15(16)4-3-11-20-19/h3-11H,12H2,1-2H3,(H,21,22). The maximum Gasteiger partial charge on any atom is 0.228 e. The van der Waals surface area contributed by atoms with Crippen LogP contribution in [0.1, 0.15) is 5.56 Å². The molecule has 1 heterocycles. The fourth-order valence-corrected chi connectivity index (χ4v) is 2.54. The number of carbonyl (C=O) groups is 1. The molecule has 0 aliphatic carbocycles. The molecule has 0 saturated carbocycles. The maximum absolute atomic E-state index is 12.3. The van der Waals surface area contributed by atoms with Crippen LogP contribution in [0.2, 0.25) is 0 Å². The monoisotopic (exact) mass is 322 g/mol. The Bertz CT molecular complexity index is 860. The number of amides is 1. The molecule has 0 atom stereocenters. The predicted octanol–water partition coefficient (Wildman–Crippen LogP) is 3.43. The molecule has 0 bridgehead atoms. The van der Waals surface area contributed by atoms with Crippen molar-refractivity contribution in [3.05, 3.63) is 60.3 Å². The summed E-state index contributed by atoms with van der Waals surface area (Å²) < 4.78 is 10.4. The van der Waals surface area contributed by atoms with Crippen molar-refractivity contribution in [2.45, 2.75) is 6.42 Å². The Morgan fingerprint density at radius 3 is 2.54 bits per heavy atom. The molecule has 0 spiro atoms. The van der Waals surface area contributed by atoms with Gasteiger partial charge in [0.2, 0.25) is 5.91 Å². The van der Waals surface area contributed by atoms with Gasteiger partial charge >= 0.3 is 0 Å². The molecule has 24 heavy (non-hydrogen) atoms. The topological polar surface area (TPSA) is 60.5 Å². The molecule has 1 N–H and O–H groups in total. The van der Waals surface area contributed by atoms with E-state index in [9.17, 15) is 4.79 Å². The second kappa shape index (κ2) is 7.00. The summed E-state index contributed by atoms with van der Waals surface area (Å²) in [6.45, 7) is 0. The maximum atomic E-state index is 12.3. The van der Waals surface area contributed by atoms with Crippen LogP contribution < -0.4 is 14.8 Å². The highest BCUT2D eigenvalue weighted by Gasteiger charge is 2.10. The third-order valence-corrected chi connectivity index (χ3v) is 3.75. The van der Waals surface area contributed by atoms with Crippen LogP contribution in [0, 0.1) is 0 Å². The van der Waals surface area contributed by atoms with Crippen LogP contribution in [0.5, 0.6) is 11.5 Å². The lowest BCUT2D eigenvalue weighted by atomic mass is 10.1. The Labute approximate surface area is 140 Å². The minimum atomic E-state index is -0.0875. The summed E-state index contributed by atoms with van der Waals surface area (Å²) in [6, 6.07) is 14.8. The molecule has 1 amide bonds. The summed E-state index contributed by atoms with van der Waals surface area (Å²) in [5.41, 5.74) is 2.36. The number of nitrogens with zero attached hydrogens (tertiary/aromatic N) is 1. The second-order valence-corrected chi connectivity index (χ2v) is 5.29. The first kappa shape index (κ1) is 15.8. The van der Waals surface area contributed by atoms with Crippen LogP contribution in [-0.4, -0.2) is 25.1 Å². The van der Waals surface area contributed by atoms with Gasteiger partial charge in [-0.05, 0) is 42.0 Å². The van der Waals surface area contributed by atoms with E-state index in [4.69, 9.17) is 9.47 Å². The largest absolute Gasteiger partial charge is 0.497 e. The van der Waals surface area contributed by atoms with E-state index in [1.54, 1.807) is 26.5 Å². The highest BCUT2D eigenvalue weighted by atomic mass is 16.5. The molecule has 5 nitrogen and oxygen atoms in total. The number of anilines is 1. The highest BCUT2D eigenvalue weighted by Crippen LogP contribution is 2.29. The van der Waals surface area contributed by atoms with Crippen molar-refractivity contribution in [2.75, 3.05) is 19.5 Å². The van der Waals surface area contributed by atoms with Crippen molar-refractivity contribution >= 4 is 22.5 Å². The molecule has 1 aromatic heterocycles. The Balaban J connectivity index is 1.80. The quantitative estimate of drug-likeness (QED) is 0.782. The van der Waals surface area contributed by atoms with Crippen molar-refractivity contribution in [2.24, 2.45) is 0 Å². The van der Waals surface area contributed by atoms with Crippen LogP contribution in [0.15, 0.2) is 54.7 Å². The molecular formula is C19H18N2O3. The number of rotatable bonds is 5. The number of aromatic nitrogens is 1. The summed E-state index contributed by atoms with van der Waals surface area (Å²) in [4.78, 5) is 16.7. The number of fused-ring (bicyclic) bond motifs is 1. The van der Waals surface area contributed by atoms with Gasteiger partial charge in [0.05, 0.1) is 26.3 Å². The molecule has 3 aromatic rings. The van der Waals surface area contributed by atoms with Crippen molar-refractivity contribution in [3.63, 3.8) is 0 Å². The van der Waals surface area contributed by atoms with E-state index < -0.39 is 0 Å². The van der Waals surface area contributed by atoms with Gasteiger partial charge in [0.25, 0.3) is 0 Å². The molecule has 3 rings (SSSR count). The third kappa shape index (κ3) is 3.30. The van der Waals surface area contributed by atoms with E-state index in [1.807, 2.05) is 42.5 Å². The lowest BCUT2D eigenvalue weighted by Crippen LogP contribution is -2.14. The Morgan fingerprint density at radius 2 is 1.83 bits per heavy atom. The Morgan fingerprint density at radius 1 is 1.04 bits per heavy atom. The number of benzene rings is 2. The third-order valence-electron chi connectivity index (χ3n) is 3.75. The van der Waals surface area contributed by atoms with E-state index in [1.165, 1.54) is 0 Å². The van der Waals surface area contributed by atoms with E-state index in [0.717, 1.165) is 27.9 Å². The van der Waals surface area contributed by atoms with Crippen molar-refractivity contribution in [1.29, 1.82) is 0 Å². The molecule has 0 radical (unpaired) electrons. The zero-order valence-corrected chi connectivity index (χ0v) is 13.6. The lowest BCUT2D eigenvalue weighted by molar-refractivity contribution is -0.115. The molecule has 0 saturated heterocycles. The molecule has 0 fully saturated rings. The van der Waals surface area contributed by atoms with Gasteiger partial charge in [0, 0.05) is 11.6 Å². The normalized spacial score (nSPS) is 10.4. The van der Waals surface area contributed by atoms with Crippen molar-refractivity contribution < 1.29 is 14.3 Å². The van der Waals surface area contributed by atoms with Crippen LogP contribution in [0.25, 0.3) is 10.9 Å². The number of nitrogens with one attached hydrogen (secondary N) is 1. The number of methoxy groups -OCH3 is 2. The fourth-order valence-electron chi connectivity index (χ4n) is 2.54. The van der Waals surface area contributed by atoms with E-state index in [-0.39, 0.29) is 12.3 Å². The van der Waals surface area contributed by atoms with E-state index in [0.29, 0.717) is 5.75 Å². The number of hydrogen-bond acceptors (Lipinski definition) is 4. The molecular weight excluding hydrogens is 304 g/mol. The first-order valence-electron chi connectivity index (χ1n) is 7.56. The fraction of sp³-hybridized carbons (Fsp3) is 0.158. The first-order chi connectivity index (χ1) is 11.7. The number of hydrogen-bond donors (Lipinski definition) is 1. The molecule has 122 valence electrons. The second-order valence-electron chi connectivity index (χ2n) is 5.29. The van der Waals surface area contributed by atoms with Gasteiger partial charge in [-0.25, -0.2) is 0 Å². The number of ether oxygens (including phenoxy) is 2. The molecule has 2 aromatic carbocycles. The summed E-state index contributed by atoms with van der Waals surface area (Å²) in [6.07, 6.45) is 1.99.